The van der Waals surface area contributed by atoms with Crippen LogP contribution in [-0.2, 0) is 16.6 Å². The number of nitrogens with one attached hydrogen (secondary N) is 1. The molecule has 1 aromatic rings. The lowest BCUT2D eigenvalue weighted by atomic mass is 10.3. The van der Waals surface area contributed by atoms with Gasteiger partial charge < -0.3 is 0 Å². The fourth-order valence-corrected chi connectivity index (χ4v) is 3.28. The second-order valence-corrected chi connectivity index (χ2v) is 6.43. The van der Waals surface area contributed by atoms with E-state index in [2.05, 4.69) is 9.82 Å². The van der Waals surface area contributed by atoms with Gasteiger partial charge in [0.25, 0.3) is 10.0 Å². The average Bonchev–Trinajstić information content (AvgIpc) is 2.95. The van der Waals surface area contributed by atoms with E-state index in [-0.39, 0.29) is 11.1 Å². The molecule has 0 unspecified atom stereocenters. The van der Waals surface area contributed by atoms with E-state index < -0.39 is 10.0 Å². The summed E-state index contributed by atoms with van der Waals surface area (Å²) in [5, 5.41) is 4.65. The van der Waals surface area contributed by atoms with E-state index in [0.29, 0.717) is 12.5 Å². The number of aryl methyl sites for hydroxylation is 1. The highest BCUT2D eigenvalue weighted by atomic mass is 32.2. The monoisotopic (exact) mass is 257 g/mol. The summed E-state index contributed by atoms with van der Waals surface area (Å²) in [4.78, 5) is 0. The average molecular weight is 257 g/mol. The van der Waals surface area contributed by atoms with Gasteiger partial charge in [0.05, 0.1) is 5.69 Å². The minimum Gasteiger partial charge on any atom is -0.253 e. The van der Waals surface area contributed by atoms with E-state index in [0.717, 1.165) is 18.5 Å². The first-order valence-corrected chi connectivity index (χ1v) is 7.52. The summed E-state index contributed by atoms with van der Waals surface area (Å²) in [6.07, 6.45) is 2.25. The van der Waals surface area contributed by atoms with Crippen molar-refractivity contribution in [1.82, 2.24) is 14.5 Å². The largest absolute Gasteiger partial charge is 0.257 e. The SMILES string of the molecule is CCn1nc(C2CC2)cc1S(=O)(=O)NC(C)C. The van der Waals surface area contributed by atoms with Gasteiger partial charge in [-0.2, -0.15) is 5.10 Å². The Kier molecular flexibility index (Phi) is 3.27. The number of aromatic nitrogens is 2. The van der Waals surface area contributed by atoms with E-state index in [4.69, 9.17) is 0 Å². The molecular formula is C11H19N3O2S. The molecule has 1 heterocycles. The van der Waals surface area contributed by atoms with Crippen LogP contribution in [0.15, 0.2) is 11.1 Å². The molecule has 1 saturated carbocycles. The summed E-state index contributed by atoms with van der Waals surface area (Å²) < 4.78 is 28.4. The fraction of sp³-hybridized carbons (Fsp3) is 0.727. The van der Waals surface area contributed by atoms with Crippen LogP contribution < -0.4 is 4.72 Å². The zero-order chi connectivity index (χ0) is 12.6. The molecule has 0 saturated heterocycles. The van der Waals surface area contributed by atoms with Crippen molar-refractivity contribution < 1.29 is 8.42 Å². The summed E-state index contributed by atoms with van der Waals surface area (Å²) >= 11 is 0. The number of hydrogen-bond donors (Lipinski definition) is 1. The van der Waals surface area contributed by atoms with Crippen molar-refractivity contribution in [3.63, 3.8) is 0 Å². The second-order valence-electron chi connectivity index (χ2n) is 4.77. The van der Waals surface area contributed by atoms with Crippen LogP contribution in [0.1, 0.15) is 45.2 Å². The van der Waals surface area contributed by atoms with E-state index in [9.17, 15) is 8.42 Å². The van der Waals surface area contributed by atoms with Gasteiger partial charge in [-0.05, 0) is 33.6 Å². The molecule has 1 aliphatic rings. The number of rotatable bonds is 5. The zero-order valence-electron chi connectivity index (χ0n) is 10.5. The maximum absolute atomic E-state index is 12.1. The predicted octanol–water partition coefficient (Wildman–Crippen LogP) is 1.47. The van der Waals surface area contributed by atoms with E-state index >= 15 is 0 Å². The highest BCUT2D eigenvalue weighted by Crippen LogP contribution is 2.39. The molecule has 0 bridgehead atoms. The molecule has 0 amide bonds. The molecule has 5 nitrogen and oxygen atoms in total. The topological polar surface area (TPSA) is 64.0 Å². The zero-order valence-corrected chi connectivity index (χ0v) is 11.3. The van der Waals surface area contributed by atoms with E-state index in [1.807, 2.05) is 20.8 Å². The van der Waals surface area contributed by atoms with Gasteiger partial charge >= 0.3 is 0 Å². The molecule has 6 heteroatoms. The maximum atomic E-state index is 12.1. The molecule has 2 rings (SSSR count). The van der Waals surface area contributed by atoms with E-state index in [1.165, 1.54) is 0 Å². The summed E-state index contributed by atoms with van der Waals surface area (Å²) in [6, 6.07) is 1.61. The second kappa shape index (κ2) is 4.42. The van der Waals surface area contributed by atoms with Crippen molar-refractivity contribution in [2.75, 3.05) is 0 Å². The Morgan fingerprint density at radius 2 is 2.18 bits per heavy atom. The van der Waals surface area contributed by atoms with Gasteiger partial charge in [0.15, 0.2) is 5.03 Å². The lowest BCUT2D eigenvalue weighted by Crippen LogP contribution is -2.31. The van der Waals surface area contributed by atoms with Gasteiger partial charge in [-0.1, -0.05) is 0 Å². The lowest BCUT2D eigenvalue weighted by Gasteiger charge is -2.10. The minimum atomic E-state index is -3.44. The third-order valence-corrected chi connectivity index (χ3v) is 4.38. The summed E-state index contributed by atoms with van der Waals surface area (Å²) in [5.74, 6) is 0.468. The first kappa shape index (κ1) is 12.6. The molecule has 1 aliphatic carbocycles. The molecule has 1 fully saturated rings. The lowest BCUT2D eigenvalue weighted by molar-refractivity contribution is 0.534. The molecule has 0 spiro atoms. The third kappa shape index (κ3) is 2.69. The Hall–Kier alpha value is -0.880. The Morgan fingerprint density at radius 3 is 2.65 bits per heavy atom. The Balaban J connectivity index is 2.36. The van der Waals surface area contributed by atoms with Crippen LogP contribution in [0.4, 0.5) is 0 Å². The summed E-state index contributed by atoms with van der Waals surface area (Å²) in [5.41, 5.74) is 0.913. The van der Waals surface area contributed by atoms with Crippen molar-refractivity contribution >= 4 is 10.0 Å². The Bertz CT molecular complexity index is 501. The number of hydrogen-bond acceptors (Lipinski definition) is 3. The molecular weight excluding hydrogens is 238 g/mol. The number of nitrogens with zero attached hydrogens (tertiary/aromatic N) is 2. The molecule has 1 N–H and O–H groups in total. The molecule has 17 heavy (non-hydrogen) atoms. The quantitative estimate of drug-likeness (QED) is 0.868. The summed E-state index contributed by atoms with van der Waals surface area (Å²) in [7, 11) is -3.44. The van der Waals surface area contributed by atoms with Crippen LogP contribution in [-0.4, -0.2) is 24.2 Å². The van der Waals surface area contributed by atoms with Gasteiger partial charge in [-0.15, -0.1) is 0 Å². The van der Waals surface area contributed by atoms with E-state index in [1.54, 1.807) is 10.7 Å². The van der Waals surface area contributed by atoms with Gasteiger partial charge in [-0.3, -0.25) is 4.68 Å². The maximum Gasteiger partial charge on any atom is 0.257 e. The van der Waals surface area contributed by atoms with Crippen LogP contribution in [0.25, 0.3) is 0 Å². The molecule has 0 radical (unpaired) electrons. The van der Waals surface area contributed by atoms with Crippen LogP contribution >= 0.6 is 0 Å². The van der Waals surface area contributed by atoms with Crippen molar-refractivity contribution in [1.29, 1.82) is 0 Å². The fourth-order valence-electron chi connectivity index (χ4n) is 1.81. The van der Waals surface area contributed by atoms with Crippen molar-refractivity contribution in [2.24, 2.45) is 0 Å². The van der Waals surface area contributed by atoms with Crippen LogP contribution in [0, 0.1) is 0 Å². The molecule has 0 aromatic carbocycles. The third-order valence-electron chi connectivity index (χ3n) is 2.72. The van der Waals surface area contributed by atoms with Gasteiger partial charge in [0.1, 0.15) is 0 Å². The Labute approximate surface area is 102 Å². The molecule has 1 aromatic heterocycles. The highest BCUT2D eigenvalue weighted by molar-refractivity contribution is 7.89. The number of sulfonamides is 1. The smallest absolute Gasteiger partial charge is 0.253 e. The minimum absolute atomic E-state index is 0.107. The van der Waals surface area contributed by atoms with Crippen molar-refractivity contribution in [3.05, 3.63) is 11.8 Å². The standard InChI is InChI=1S/C11H19N3O2S/c1-4-14-11(17(15,16)13-8(2)3)7-10(12-14)9-5-6-9/h7-9,13H,4-6H2,1-3H3. The summed E-state index contributed by atoms with van der Waals surface area (Å²) in [6.45, 7) is 6.09. The molecule has 0 atom stereocenters. The normalized spacial score (nSPS) is 16.7. The van der Waals surface area contributed by atoms with Crippen LogP contribution in [0.3, 0.4) is 0 Å². The van der Waals surface area contributed by atoms with Crippen LogP contribution in [0.5, 0.6) is 0 Å². The van der Waals surface area contributed by atoms with Gasteiger partial charge in [-0.25, -0.2) is 13.1 Å². The van der Waals surface area contributed by atoms with Gasteiger partial charge in [0, 0.05) is 24.6 Å². The predicted molar refractivity (Wildman–Crippen MR) is 65.3 cm³/mol. The molecule has 0 aliphatic heterocycles. The first-order chi connectivity index (χ1) is 7.94. The van der Waals surface area contributed by atoms with Crippen molar-refractivity contribution in [2.45, 2.75) is 57.1 Å². The highest BCUT2D eigenvalue weighted by Gasteiger charge is 2.30. The van der Waals surface area contributed by atoms with Crippen LogP contribution in [0.2, 0.25) is 0 Å². The van der Waals surface area contributed by atoms with Gasteiger partial charge in [0.2, 0.25) is 0 Å². The Morgan fingerprint density at radius 1 is 1.53 bits per heavy atom. The van der Waals surface area contributed by atoms with Crippen molar-refractivity contribution in [3.8, 4) is 0 Å². The first-order valence-electron chi connectivity index (χ1n) is 6.04. The molecule has 96 valence electrons.